The second kappa shape index (κ2) is 8.66. The number of carbonyl (C=O) groups excluding carboxylic acids is 1. The Kier molecular flexibility index (Phi) is 5.67. The number of halogens is 3. The molecule has 3 aromatic rings. The standard InChI is InChI=1S/C26H24F3N3O2/c1-15-13-31(14-30-15)23-7-6-16(9-24(23)34-2)8-18-10-19-4-3-5-22(32(19)26(18)33)17-11-20(27)25(29)21(28)12-17/h6-9,11-14,19,22H,3-5,10H2,1-2H3/b18-8-/t19-,22-/m1/s1. The van der Waals surface area contributed by atoms with Gasteiger partial charge in [-0.05, 0) is 74.1 Å². The summed E-state index contributed by atoms with van der Waals surface area (Å²) in [6.45, 7) is 1.91. The number of methoxy groups -OCH3 is 1. The molecule has 176 valence electrons. The van der Waals surface area contributed by atoms with Crippen LogP contribution in [0.1, 0.15) is 48.5 Å². The van der Waals surface area contributed by atoms with Crippen LogP contribution in [0.5, 0.6) is 5.75 Å². The molecule has 1 amide bonds. The summed E-state index contributed by atoms with van der Waals surface area (Å²) in [4.78, 5) is 19.3. The normalized spacial score (nSPS) is 21.3. The smallest absolute Gasteiger partial charge is 0.250 e. The molecule has 0 spiro atoms. The average Bonchev–Trinajstić information content (AvgIpc) is 3.40. The summed E-state index contributed by atoms with van der Waals surface area (Å²) in [7, 11) is 1.59. The van der Waals surface area contributed by atoms with Crippen LogP contribution in [-0.4, -0.2) is 33.5 Å². The van der Waals surface area contributed by atoms with E-state index < -0.39 is 23.5 Å². The maximum absolute atomic E-state index is 13.9. The lowest BCUT2D eigenvalue weighted by molar-refractivity contribution is -0.130. The SMILES string of the molecule is COc1cc(/C=C2/C[C@H]3CCC[C@H](c4cc(F)c(F)c(F)c4)N3C2=O)ccc1-n1cnc(C)c1. The van der Waals surface area contributed by atoms with Gasteiger partial charge in [-0.3, -0.25) is 4.79 Å². The number of fused-ring (bicyclic) bond motifs is 1. The first-order chi connectivity index (χ1) is 16.4. The molecule has 3 heterocycles. The Bertz CT molecular complexity index is 1280. The Hall–Kier alpha value is -3.55. The lowest BCUT2D eigenvalue weighted by Crippen LogP contribution is -2.40. The summed E-state index contributed by atoms with van der Waals surface area (Å²) >= 11 is 0. The van der Waals surface area contributed by atoms with Gasteiger partial charge in [-0.1, -0.05) is 6.07 Å². The Morgan fingerprint density at radius 3 is 2.56 bits per heavy atom. The van der Waals surface area contributed by atoms with Crippen molar-refractivity contribution in [2.45, 2.75) is 44.7 Å². The van der Waals surface area contributed by atoms with Crippen molar-refractivity contribution in [3.05, 3.63) is 82.7 Å². The van der Waals surface area contributed by atoms with Gasteiger partial charge in [0.1, 0.15) is 5.75 Å². The van der Waals surface area contributed by atoms with Gasteiger partial charge in [0.05, 0.1) is 30.9 Å². The Balaban J connectivity index is 1.45. The zero-order chi connectivity index (χ0) is 24.0. The monoisotopic (exact) mass is 467 g/mol. The fraction of sp³-hybridized carbons (Fsp3) is 0.308. The number of ether oxygens (including phenoxy) is 1. The summed E-state index contributed by atoms with van der Waals surface area (Å²) in [5.74, 6) is -3.48. The highest BCUT2D eigenvalue weighted by Gasteiger charge is 2.42. The van der Waals surface area contributed by atoms with Gasteiger partial charge in [-0.2, -0.15) is 0 Å². The number of aryl methyl sites for hydroxylation is 1. The third-order valence-electron chi connectivity index (χ3n) is 6.63. The van der Waals surface area contributed by atoms with Gasteiger partial charge < -0.3 is 14.2 Å². The summed E-state index contributed by atoms with van der Waals surface area (Å²) in [6.07, 6.45) is 8.21. The molecule has 0 bridgehead atoms. The number of aromatic nitrogens is 2. The number of imidazole rings is 1. The molecule has 34 heavy (non-hydrogen) atoms. The minimum absolute atomic E-state index is 0.0521. The van der Waals surface area contributed by atoms with Crippen LogP contribution in [0.4, 0.5) is 13.2 Å². The number of carbonyl (C=O) groups is 1. The minimum atomic E-state index is -1.49. The molecule has 0 unspecified atom stereocenters. The second-order valence-corrected chi connectivity index (χ2v) is 8.84. The number of nitrogens with zero attached hydrogens (tertiary/aromatic N) is 3. The molecule has 5 nitrogen and oxygen atoms in total. The van der Waals surface area contributed by atoms with Crippen molar-refractivity contribution in [2.24, 2.45) is 0 Å². The van der Waals surface area contributed by atoms with Gasteiger partial charge in [0, 0.05) is 17.8 Å². The van der Waals surface area contributed by atoms with Crippen molar-refractivity contribution < 1.29 is 22.7 Å². The number of benzene rings is 2. The molecular weight excluding hydrogens is 443 g/mol. The molecule has 2 atom stereocenters. The summed E-state index contributed by atoms with van der Waals surface area (Å²) < 4.78 is 48.7. The lowest BCUT2D eigenvalue weighted by atomic mass is 9.91. The zero-order valence-corrected chi connectivity index (χ0v) is 18.9. The number of hydrogen-bond donors (Lipinski definition) is 0. The predicted octanol–water partition coefficient (Wildman–Crippen LogP) is 5.52. The Morgan fingerprint density at radius 1 is 1.12 bits per heavy atom. The van der Waals surface area contributed by atoms with E-state index in [1.54, 1.807) is 18.3 Å². The first-order valence-electron chi connectivity index (χ1n) is 11.2. The number of hydrogen-bond acceptors (Lipinski definition) is 3. The molecule has 2 aromatic carbocycles. The predicted molar refractivity (Wildman–Crippen MR) is 121 cm³/mol. The van der Waals surface area contributed by atoms with Crippen LogP contribution < -0.4 is 4.74 Å². The number of amides is 1. The molecule has 0 aliphatic carbocycles. The van der Waals surface area contributed by atoms with E-state index in [1.807, 2.05) is 42.0 Å². The van der Waals surface area contributed by atoms with Gasteiger partial charge >= 0.3 is 0 Å². The van der Waals surface area contributed by atoms with E-state index in [9.17, 15) is 18.0 Å². The summed E-state index contributed by atoms with van der Waals surface area (Å²) in [5, 5.41) is 0. The number of rotatable bonds is 4. The molecule has 0 saturated carbocycles. The first-order valence-corrected chi connectivity index (χ1v) is 11.2. The van der Waals surface area contributed by atoms with Gasteiger partial charge in [0.2, 0.25) is 0 Å². The maximum atomic E-state index is 13.9. The molecule has 5 rings (SSSR count). The molecular formula is C26H24F3N3O2. The lowest BCUT2D eigenvalue weighted by Gasteiger charge is -2.37. The van der Waals surface area contributed by atoms with Crippen LogP contribution in [0.25, 0.3) is 11.8 Å². The molecule has 2 fully saturated rings. The molecule has 0 N–H and O–H groups in total. The van der Waals surface area contributed by atoms with Crippen molar-refractivity contribution in [3.63, 3.8) is 0 Å². The quantitative estimate of drug-likeness (QED) is 0.375. The molecule has 2 saturated heterocycles. The summed E-state index contributed by atoms with van der Waals surface area (Å²) in [6, 6.07) is 7.15. The Labute approximate surface area is 195 Å². The van der Waals surface area contributed by atoms with E-state index in [2.05, 4.69) is 4.98 Å². The van der Waals surface area contributed by atoms with E-state index in [4.69, 9.17) is 4.74 Å². The van der Waals surface area contributed by atoms with Gasteiger partial charge in [0.15, 0.2) is 17.5 Å². The van der Waals surface area contributed by atoms with Gasteiger partial charge in [-0.15, -0.1) is 0 Å². The van der Waals surface area contributed by atoms with Crippen LogP contribution in [0, 0.1) is 24.4 Å². The zero-order valence-electron chi connectivity index (χ0n) is 18.9. The van der Waals surface area contributed by atoms with Crippen LogP contribution in [0.3, 0.4) is 0 Å². The second-order valence-electron chi connectivity index (χ2n) is 8.84. The van der Waals surface area contributed by atoms with Gasteiger partial charge in [0.25, 0.3) is 5.91 Å². The van der Waals surface area contributed by atoms with Crippen LogP contribution >= 0.6 is 0 Å². The van der Waals surface area contributed by atoms with E-state index in [1.165, 1.54) is 0 Å². The van der Waals surface area contributed by atoms with E-state index in [-0.39, 0.29) is 17.5 Å². The van der Waals surface area contributed by atoms with Crippen molar-refractivity contribution in [1.29, 1.82) is 0 Å². The molecule has 2 aliphatic heterocycles. The first kappa shape index (κ1) is 22.3. The van der Waals surface area contributed by atoms with E-state index in [0.29, 0.717) is 24.2 Å². The number of piperidine rings is 1. The van der Waals surface area contributed by atoms with Crippen molar-refractivity contribution in [2.75, 3.05) is 7.11 Å². The highest BCUT2D eigenvalue weighted by molar-refractivity contribution is 6.00. The largest absolute Gasteiger partial charge is 0.495 e. The maximum Gasteiger partial charge on any atom is 0.250 e. The molecule has 0 radical (unpaired) electrons. The van der Waals surface area contributed by atoms with Crippen LogP contribution in [0.15, 0.2) is 48.4 Å². The van der Waals surface area contributed by atoms with E-state index in [0.717, 1.165) is 41.9 Å². The minimum Gasteiger partial charge on any atom is -0.495 e. The van der Waals surface area contributed by atoms with Crippen LogP contribution in [0.2, 0.25) is 0 Å². The third kappa shape index (κ3) is 3.87. The molecule has 8 heteroatoms. The average molecular weight is 467 g/mol. The van der Waals surface area contributed by atoms with Crippen molar-refractivity contribution in [1.82, 2.24) is 14.5 Å². The fourth-order valence-corrected chi connectivity index (χ4v) is 5.06. The fourth-order valence-electron chi connectivity index (χ4n) is 5.06. The van der Waals surface area contributed by atoms with Crippen molar-refractivity contribution >= 4 is 12.0 Å². The summed E-state index contributed by atoms with van der Waals surface area (Å²) in [5.41, 5.74) is 3.46. The highest BCUT2D eigenvalue weighted by Crippen LogP contribution is 2.43. The molecule has 2 aliphatic rings. The molecule has 1 aromatic heterocycles. The Morgan fingerprint density at radius 2 is 1.88 bits per heavy atom. The van der Waals surface area contributed by atoms with Gasteiger partial charge in [-0.25, -0.2) is 18.2 Å². The van der Waals surface area contributed by atoms with Crippen LogP contribution in [-0.2, 0) is 4.79 Å². The topological polar surface area (TPSA) is 47.4 Å². The van der Waals surface area contributed by atoms with E-state index >= 15 is 0 Å². The third-order valence-corrected chi connectivity index (χ3v) is 6.63. The highest BCUT2D eigenvalue weighted by atomic mass is 19.2. The van der Waals surface area contributed by atoms with Crippen molar-refractivity contribution in [3.8, 4) is 11.4 Å².